The largest absolute Gasteiger partial charge is 0.346 e. The first-order valence-electron chi connectivity index (χ1n) is 9.14. The molecule has 0 spiro atoms. The molecule has 1 saturated heterocycles. The number of hydrogen-bond donors (Lipinski definition) is 2. The average molecular weight is 402 g/mol. The molecule has 146 valence electrons. The summed E-state index contributed by atoms with van der Waals surface area (Å²) in [4.78, 5) is 38.2. The number of benzene rings is 1. The number of aromatic amines is 1. The van der Waals surface area contributed by atoms with Crippen LogP contribution >= 0.6 is 11.8 Å². The van der Waals surface area contributed by atoms with Crippen molar-refractivity contribution in [2.75, 3.05) is 5.75 Å². The molecule has 2 N–H and O–H groups in total. The quantitative estimate of drug-likeness (QED) is 0.820. The van der Waals surface area contributed by atoms with E-state index in [9.17, 15) is 18.8 Å². The van der Waals surface area contributed by atoms with Crippen molar-refractivity contribution in [3.8, 4) is 11.3 Å². The molecule has 28 heavy (non-hydrogen) atoms. The van der Waals surface area contributed by atoms with Gasteiger partial charge in [-0.2, -0.15) is 5.10 Å². The van der Waals surface area contributed by atoms with Crippen LogP contribution in [0.15, 0.2) is 30.3 Å². The molecule has 1 aromatic heterocycles. The number of H-pyrrole nitrogens is 1. The number of aromatic nitrogens is 2. The van der Waals surface area contributed by atoms with E-state index in [1.54, 1.807) is 18.2 Å². The molecule has 1 aliphatic carbocycles. The Morgan fingerprint density at radius 3 is 2.68 bits per heavy atom. The van der Waals surface area contributed by atoms with Crippen LogP contribution in [0, 0.1) is 5.82 Å². The fourth-order valence-corrected chi connectivity index (χ4v) is 4.49. The minimum atomic E-state index is -0.343. The summed E-state index contributed by atoms with van der Waals surface area (Å²) in [5.41, 5.74) is 1.50. The van der Waals surface area contributed by atoms with Crippen LogP contribution in [0.25, 0.3) is 11.3 Å². The second-order valence-corrected chi connectivity index (χ2v) is 7.85. The zero-order valence-corrected chi connectivity index (χ0v) is 15.8. The van der Waals surface area contributed by atoms with Crippen LogP contribution in [-0.2, 0) is 4.79 Å². The summed E-state index contributed by atoms with van der Waals surface area (Å²) in [6, 6.07) is 6.84. The second-order valence-electron chi connectivity index (χ2n) is 6.92. The third-order valence-electron chi connectivity index (χ3n) is 5.12. The molecule has 2 fully saturated rings. The lowest BCUT2D eigenvalue weighted by Crippen LogP contribution is -2.54. The van der Waals surface area contributed by atoms with Crippen molar-refractivity contribution in [3.63, 3.8) is 0 Å². The summed E-state index contributed by atoms with van der Waals surface area (Å²) in [7, 11) is 0. The van der Waals surface area contributed by atoms with Crippen LogP contribution in [0.2, 0.25) is 0 Å². The third kappa shape index (κ3) is 3.66. The first-order chi connectivity index (χ1) is 13.5. The highest BCUT2D eigenvalue weighted by Crippen LogP contribution is 2.30. The fourth-order valence-electron chi connectivity index (χ4n) is 3.73. The Morgan fingerprint density at radius 1 is 1.21 bits per heavy atom. The highest BCUT2D eigenvalue weighted by atomic mass is 32.2. The van der Waals surface area contributed by atoms with E-state index in [4.69, 9.17) is 0 Å². The number of imide groups is 1. The Labute approximate surface area is 165 Å². The average Bonchev–Trinajstić information content (AvgIpc) is 3.30. The zero-order chi connectivity index (χ0) is 19.7. The molecule has 2 atom stereocenters. The van der Waals surface area contributed by atoms with Crippen LogP contribution < -0.4 is 5.32 Å². The van der Waals surface area contributed by atoms with Crippen molar-refractivity contribution in [2.24, 2.45) is 0 Å². The van der Waals surface area contributed by atoms with Gasteiger partial charge in [0.1, 0.15) is 11.5 Å². The number of hydrogen-bond acceptors (Lipinski definition) is 5. The predicted molar refractivity (Wildman–Crippen MR) is 102 cm³/mol. The Balaban J connectivity index is 1.48. The van der Waals surface area contributed by atoms with Crippen LogP contribution in [0.3, 0.4) is 0 Å². The lowest BCUT2D eigenvalue weighted by molar-refractivity contribution is -0.127. The van der Waals surface area contributed by atoms with Gasteiger partial charge < -0.3 is 5.32 Å². The van der Waals surface area contributed by atoms with Gasteiger partial charge in [0.15, 0.2) is 0 Å². The SMILES string of the molecule is O=C(N[C@H]1CCCC[C@H]1N1C(=O)CSC1=O)c1cc(-c2ccc(F)cc2)n[nH]1. The van der Waals surface area contributed by atoms with E-state index in [0.29, 0.717) is 24.1 Å². The molecule has 4 rings (SSSR count). The maximum absolute atomic E-state index is 13.1. The number of amides is 3. The molecule has 7 nitrogen and oxygen atoms in total. The third-order valence-corrected chi connectivity index (χ3v) is 5.96. The molecule has 1 aliphatic heterocycles. The zero-order valence-electron chi connectivity index (χ0n) is 15.0. The number of nitrogens with one attached hydrogen (secondary N) is 2. The van der Waals surface area contributed by atoms with Crippen molar-refractivity contribution in [1.29, 1.82) is 0 Å². The predicted octanol–water partition coefficient (Wildman–Crippen LogP) is 2.95. The normalized spacial score (nSPS) is 22.5. The van der Waals surface area contributed by atoms with E-state index < -0.39 is 0 Å². The summed E-state index contributed by atoms with van der Waals surface area (Å²) in [6.07, 6.45) is 3.23. The molecule has 2 aromatic rings. The monoisotopic (exact) mass is 402 g/mol. The Kier molecular flexibility index (Phi) is 5.17. The Morgan fingerprint density at radius 2 is 1.96 bits per heavy atom. The number of rotatable bonds is 4. The highest BCUT2D eigenvalue weighted by molar-refractivity contribution is 8.14. The molecule has 0 unspecified atom stereocenters. The number of carbonyl (C=O) groups is 3. The molecule has 9 heteroatoms. The van der Waals surface area contributed by atoms with Gasteiger partial charge in [0.25, 0.3) is 11.1 Å². The molecule has 2 aliphatic rings. The van der Waals surface area contributed by atoms with E-state index >= 15 is 0 Å². The topological polar surface area (TPSA) is 95.2 Å². The first kappa shape index (κ1) is 18.7. The van der Waals surface area contributed by atoms with Crippen molar-refractivity contribution in [2.45, 2.75) is 37.8 Å². The molecule has 3 amide bonds. The summed E-state index contributed by atoms with van der Waals surface area (Å²) in [5.74, 6) is -0.715. The van der Waals surface area contributed by atoms with Crippen molar-refractivity contribution < 1.29 is 18.8 Å². The smallest absolute Gasteiger partial charge is 0.289 e. The van der Waals surface area contributed by atoms with Crippen molar-refractivity contribution >= 4 is 28.8 Å². The molecule has 1 saturated carbocycles. The number of carbonyl (C=O) groups excluding carboxylic acids is 3. The van der Waals surface area contributed by atoms with Crippen LogP contribution in [-0.4, -0.2) is 50.0 Å². The van der Waals surface area contributed by atoms with Gasteiger partial charge >= 0.3 is 0 Å². The maximum Gasteiger partial charge on any atom is 0.289 e. The summed E-state index contributed by atoms with van der Waals surface area (Å²) >= 11 is 1.01. The Bertz CT molecular complexity index is 898. The van der Waals surface area contributed by atoms with Gasteiger partial charge in [-0.15, -0.1) is 0 Å². The van der Waals surface area contributed by atoms with Crippen molar-refractivity contribution in [1.82, 2.24) is 20.4 Å². The van der Waals surface area contributed by atoms with Crippen LogP contribution in [0.4, 0.5) is 9.18 Å². The van der Waals surface area contributed by atoms with Gasteiger partial charge in [-0.05, 0) is 43.2 Å². The van der Waals surface area contributed by atoms with Gasteiger partial charge in [-0.1, -0.05) is 24.6 Å². The highest BCUT2D eigenvalue weighted by Gasteiger charge is 2.41. The molecule has 2 heterocycles. The van der Waals surface area contributed by atoms with Gasteiger partial charge in [0, 0.05) is 5.56 Å². The lowest BCUT2D eigenvalue weighted by atomic mass is 9.89. The van der Waals surface area contributed by atoms with E-state index in [0.717, 1.165) is 24.6 Å². The maximum atomic E-state index is 13.1. The second kappa shape index (κ2) is 7.75. The van der Waals surface area contributed by atoms with E-state index in [-0.39, 0.29) is 46.4 Å². The summed E-state index contributed by atoms with van der Waals surface area (Å²) in [5, 5.41) is 9.54. The first-order valence-corrected chi connectivity index (χ1v) is 10.1. The Hall–Kier alpha value is -2.68. The van der Waals surface area contributed by atoms with Crippen LogP contribution in [0.5, 0.6) is 0 Å². The van der Waals surface area contributed by atoms with E-state index in [1.165, 1.54) is 17.0 Å². The van der Waals surface area contributed by atoms with E-state index in [1.807, 2.05) is 0 Å². The summed E-state index contributed by atoms with van der Waals surface area (Å²) < 4.78 is 13.1. The fraction of sp³-hybridized carbons (Fsp3) is 0.368. The van der Waals surface area contributed by atoms with Gasteiger partial charge in [0.05, 0.1) is 23.5 Å². The molecular formula is C19H19FN4O3S. The van der Waals surface area contributed by atoms with Gasteiger partial charge in [-0.25, -0.2) is 4.39 Å². The number of nitrogens with zero attached hydrogens (tertiary/aromatic N) is 2. The molecular weight excluding hydrogens is 383 g/mol. The van der Waals surface area contributed by atoms with E-state index in [2.05, 4.69) is 15.5 Å². The van der Waals surface area contributed by atoms with Crippen molar-refractivity contribution in [3.05, 3.63) is 41.8 Å². The van der Waals surface area contributed by atoms with Crippen LogP contribution in [0.1, 0.15) is 36.2 Å². The van der Waals surface area contributed by atoms with Gasteiger partial charge in [0.2, 0.25) is 5.91 Å². The number of halogens is 1. The minimum absolute atomic E-state index is 0.164. The molecule has 1 aromatic carbocycles. The molecule has 0 radical (unpaired) electrons. The molecule has 0 bridgehead atoms. The van der Waals surface area contributed by atoms with Gasteiger partial charge in [-0.3, -0.25) is 24.4 Å². The number of thioether (sulfide) groups is 1. The summed E-state index contributed by atoms with van der Waals surface area (Å²) in [6.45, 7) is 0. The standard InChI is InChI=1S/C19H19FN4O3S/c20-12-7-5-11(6-8-12)14-9-15(23-22-14)18(26)21-13-3-1-2-4-16(13)24-17(25)10-28-19(24)27/h5-9,13,16H,1-4,10H2,(H,21,26)(H,22,23)/t13-,16+/m0/s1. The lowest BCUT2D eigenvalue weighted by Gasteiger charge is -2.36. The minimum Gasteiger partial charge on any atom is -0.346 e.